The Morgan fingerprint density at radius 3 is 1.70 bits per heavy atom. The molecule has 0 heterocycles. The van der Waals surface area contributed by atoms with Crippen molar-refractivity contribution in [2.24, 2.45) is 0 Å². The lowest BCUT2D eigenvalue weighted by atomic mass is 10.2. The highest BCUT2D eigenvalue weighted by Gasteiger charge is 2.60. The maximum Gasteiger partial charge on any atom is 0.238 e. The van der Waals surface area contributed by atoms with Crippen LogP contribution in [-0.4, -0.2) is 28.7 Å². The summed E-state index contributed by atoms with van der Waals surface area (Å²) in [6, 6.07) is 17.1. The molecule has 0 fully saturated rings. The number of hydrogen-bond acceptors (Lipinski definition) is 2. The third kappa shape index (κ3) is 6.08. The first-order valence-electron chi connectivity index (χ1n) is 11.6. The van der Waals surface area contributed by atoms with Gasteiger partial charge in [-0.05, 0) is 34.7 Å². The minimum Gasteiger partial charge on any atom is -0.207 e. The average molecular weight is 500 g/mol. The van der Waals surface area contributed by atoms with Gasteiger partial charge in [-0.25, -0.2) is 12.4 Å². The van der Waals surface area contributed by atoms with E-state index in [-0.39, 0.29) is 10.1 Å². The van der Waals surface area contributed by atoms with Crippen molar-refractivity contribution in [1.29, 1.82) is 0 Å². The molecule has 2 rings (SSSR count). The summed E-state index contributed by atoms with van der Waals surface area (Å²) >= 11 is 0. The van der Waals surface area contributed by atoms with E-state index >= 15 is 0 Å². The fraction of sp³-hybridized carbons (Fsp3) is 0.481. The topological polar surface area (TPSA) is 37.4 Å². The van der Waals surface area contributed by atoms with Gasteiger partial charge in [0.05, 0.1) is 4.90 Å². The first-order valence-corrected chi connectivity index (χ1v) is 18.5. The van der Waals surface area contributed by atoms with Gasteiger partial charge in [-0.1, -0.05) is 109 Å². The number of rotatable bonds is 5. The van der Waals surface area contributed by atoms with Crippen LogP contribution < -0.4 is 0 Å². The largest absolute Gasteiger partial charge is 0.238 e. The fourth-order valence-corrected chi connectivity index (χ4v) is 16.4. The van der Waals surface area contributed by atoms with Crippen molar-refractivity contribution in [2.75, 3.05) is 0 Å². The molecular formula is C27H41NO2SSi2. The normalized spacial score (nSPS) is 13.5. The summed E-state index contributed by atoms with van der Waals surface area (Å²) in [6.45, 7) is 22.0. The predicted molar refractivity (Wildman–Crippen MR) is 147 cm³/mol. The SMILES string of the molecule is Cc1ccc(S(=O)(=O)N(Cc2ccccc2)[Si](C#C[Si](C)(C)C)(C(C)(C)C)C(C)(C)C)cc1. The molecule has 0 atom stereocenters. The molecule has 6 heteroatoms. The van der Waals surface area contributed by atoms with Gasteiger partial charge in [0.2, 0.25) is 18.3 Å². The number of sulfonamides is 1. The number of benzene rings is 2. The quantitative estimate of drug-likeness (QED) is 0.323. The van der Waals surface area contributed by atoms with E-state index in [1.54, 1.807) is 12.1 Å². The lowest BCUT2D eigenvalue weighted by Crippen LogP contribution is -2.65. The van der Waals surface area contributed by atoms with E-state index in [0.29, 0.717) is 11.4 Å². The van der Waals surface area contributed by atoms with Crippen LogP contribution in [0.3, 0.4) is 0 Å². The third-order valence-corrected chi connectivity index (χ3v) is 15.9. The van der Waals surface area contributed by atoms with Gasteiger partial charge in [-0.15, -0.1) is 11.1 Å². The van der Waals surface area contributed by atoms with Crippen LogP contribution in [0.5, 0.6) is 0 Å². The molecule has 0 aliphatic rings. The standard InChI is InChI=1S/C27H41NO2SSi2/c1-23-16-18-25(19-17-23)31(29,30)28(22-24-14-12-11-13-15-24)33(26(2,3)4,27(5,6)7)21-20-32(8,9)10/h11-19H,22H2,1-10H3. The molecule has 3 nitrogen and oxygen atoms in total. The Labute approximate surface area is 204 Å². The highest BCUT2D eigenvalue weighted by atomic mass is 32.2. The van der Waals surface area contributed by atoms with Crippen molar-refractivity contribution in [3.8, 4) is 11.1 Å². The Kier molecular flexibility index (Phi) is 7.97. The second-order valence-electron chi connectivity index (χ2n) is 12.0. The lowest BCUT2D eigenvalue weighted by Gasteiger charge is -2.53. The second kappa shape index (κ2) is 9.54. The molecule has 0 bridgehead atoms. The van der Waals surface area contributed by atoms with E-state index < -0.39 is 26.3 Å². The van der Waals surface area contributed by atoms with E-state index in [4.69, 9.17) is 0 Å². The summed E-state index contributed by atoms with van der Waals surface area (Å²) in [5.74, 6) is 0. The molecule has 0 radical (unpaired) electrons. The Balaban J connectivity index is 2.96. The van der Waals surface area contributed by atoms with Crippen LogP contribution >= 0.6 is 0 Å². The van der Waals surface area contributed by atoms with E-state index in [1.165, 1.54) is 0 Å². The molecule has 0 spiro atoms. The number of nitrogens with zero attached hydrogens (tertiary/aromatic N) is 1. The van der Waals surface area contributed by atoms with Gasteiger partial charge < -0.3 is 0 Å². The van der Waals surface area contributed by atoms with Crippen LogP contribution in [0, 0.1) is 18.0 Å². The lowest BCUT2D eigenvalue weighted by molar-refractivity contribution is 0.469. The van der Waals surface area contributed by atoms with Gasteiger partial charge in [0.25, 0.3) is 0 Å². The third-order valence-electron chi connectivity index (χ3n) is 5.94. The Morgan fingerprint density at radius 1 is 0.788 bits per heavy atom. The zero-order valence-electron chi connectivity index (χ0n) is 22.1. The van der Waals surface area contributed by atoms with Crippen LogP contribution in [0.1, 0.15) is 52.7 Å². The van der Waals surface area contributed by atoms with Gasteiger partial charge in [-0.3, -0.25) is 0 Å². The van der Waals surface area contributed by atoms with Gasteiger partial charge in [0.1, 0.15) is 8.07 Å². The molecule has 0 aliphatic heterocycles. The highest BCUT2D eigenvalue weighted by Crippen LogP contribution is 2.54. The van der Waals surface area contributed by atoms with Crippen LogP contribution in [0.2, 0.25) is 29.7 Å². The molecular weight excluding hydrogens is 459 g/mol. The minimum absolute atomic E-state index is 0.315. The summed E-state index contributed by atoms with van der Waals surface area (Å²) in [7, 11) is -8.59. The molecule has 2 aromatic carbocycles. The van der Waals surface area contributed by atoms with E-state index in [1.807, 2.05) is 53.4 Å². The van der Waals surface area contributed by atoms with Crippen molar-refractivity contribution in [2.45, 2.75) is 89.6 Å². The van der Waals surface area contributed by atoms with E-state index in [0.717, 1.165) is 11.1 Å². The molecule has 0 amide bonds. The fourth-order valence-electron chi connectivity index (χ4n) is 4.56. The summed E-state index contributed by atoms with van der Waals surface area (Å²) < 4.78 is 30.7. The maximum absolute atomic E-state index is 14.4. The van der Waals surface area contributed by atoms with Crippen molar-refractivity contribution in [1.82, 2.24) is 3.97 Å². The molecule has 0 aromatic heterocycles. The monoisotopic (exact) mass is 499 g/mol. The minimum atomic E-state index is -3.80. The number of aryl methyl sites for hydroxylation is 1. The summed E-state index contributed by atoms with van der Waals surface area (Å²) in [4.78, 5) is 0.337. The van der Waals surface area contributed by atoms with E-state index in [2.05, 4.69) is 72.3 Å². The zero-order chi connectivity index (χ0) is 25.3. The molecule has 0 unspecified atom stereocenters. The predicted octanol–water partition coefficient (Wildman–Crippen LogP) is 7.15. The van der Waals surface area contributed by atoms with Gasteiger partial charge in [0, 0.05) is 6.54 Å². The second-order valence-corrected chi connectivity index (χ2v) is 24.2. The first-order chi connectivity index (χ1) is 14.9. The Morgan fingerprint density at radius 2 is 1.27 bits per heavy atom. The molecule has 0 saturated carbocycles. The smallest absolute Gasteiger partial charge is 0.207 e. The van der Waals surface area contributed by atoms with Gasteiger partial charge in [-0.2, -0.15) is 0 Å². The van der Waals surface area contributed by atoms with E-state index in [9.17, 15) is 8.42 Å². The highest BCUT2D eigenvalue weighted by molar-refractivity contribution is 7.90. The molecule has 33 heavy (non-hydrogen) atoms. The zero-order valence-corrected chi connectivity index (χ0v) is 24.9. The van der Waals surface area contributed by atoms with Crippen molar-refractivity contribution in [3.63, 3.8) is 0 Å². The van der Waals surface area contributed by atoms with Crippen LogP contribution in [0.4, 0.5) is 0 Å². The van der Waals surface area contributed by atoms with Crippen LogP contribution in [-0.2, 0) is 16.6 Å². The molecule has 0 N–H and O–H groups in total. The van der Waals surface area contributed by atoms with Crippen LogP contribution in [0.25, 0.3) is 0 Å². The first kappa shape index (κ1) is 27.6. The molecule has 2 aromatic rings. The molecule has 0 saturated heterocycles. The van der Waals surface area contributed by atoms with Crippen molar-refractivity contribution < 1.29 is 8.42 Å². The van der Waals surface area contributed by atoms with Gasteiger partial charge in [0.15, 0.2) is 0 Å². The summed E-state index contributed by atoms with van der Waals surface area (Å²) in [5.41, 5.74) is 9.40. The van der Waals surface area contributed by atoms with Crippen molar-refractivity contribution >= 4 is 26.3 Å². The van der Waals surface area contributed by atoms with Crippen LogP contribution in [0.15, 0.2) is 59.5 Å². The Hall–Kier alpha value is -1.66. The number of hydrogen-bond donors (Lipinski definition) is 0. The average Bonchev–Trinajstić information content (AvgIpc) is 2.65. The maximum atomic E-state index is 14.4. The van der Waals surface area contributed by atoms with Crippen molar-refractivity contribution in [3.05, 3.63) is 65.7 Å². The summed E-state index contributed by atoms with van der Waals surface area (Å²) in [5, 5.41) is -0.630. The molecule has 0 aliphatic carbocycles. The Bertz CT molecular complexity index is 1100. The van der Waals surface area contributed by atoms with Gasteiger partial charge >= 0.3 is 0 Å². The summed E-state index contributed by atoms with van der Waals surface area (Å²) in [6.07, 6.45) is 0. The molecule has 180 valence electrons.